The average Bonchev–Trinajstić information content (AvgIpc) is 2.73. The third-order valence-corrected chi connectivity index (χ3v) is 3.63. The van der Waals surface area contributed by atoms with Gasteiger partial charge in [0.2, 0.25) is 0 Å². The molecule has 0 amide bonds. The van der Waals surface area contributed by atoms with Gasteiger partial charge in [0, 0.05) is 19.2 Å². The molecule has 6 heteroatoms. The van der Waals surface area contributed by atoms with Gasteiger partial charge in [0.1, 0.15) is 12.4 Å². The number of fused-ring (bicyclic) bond motifs is 1. The molecule has 1 aliphatic heterocycles. The van der Waals surface area contributed by atoms with Crippen molar-refractivity contribution in [2.45, 2.75) is 58.8 Å². The number of ether oxygens (including phenoxy) is 2. The molecule has 6 nitrogen and oxygen atoms in total. The molecule has 0 spiro atoms. The van der Waals surface area contributed by atoms with Crippen molar-refractivity contribution >= 4 is 0 Å². The molecule has 0 saturated carbocycles. The Morgan fingerprint density at radius 3 is 3.00 bits per heavy atom. The van der Waals surface area contributed by atoms with E-state index in [1.54, 1.807) is 6.20 Å². The first-order valence-electron chi connectivity index (χ1n) is 7.89. The fraction of sp³-hybridized carbons (Fsp3) is 0.562. The lowest BCUT2D eigenvalue weighted by molar-refractivity contribution is 0.206. The quantitative estimate of drug-likeness (QED) is 0.850. The number of hydrogen-bond acceptors (Lipinski definition) is 5. The van der Waals surface area contributed by atoms with Crippen LogP contribution in [0.3, 0.4) is 0 Å². The molecular formula is C16H22N4O2. The molecule has 2 aromatic rings. The van der Waals surface area contributed by atoms with Crippen LogP contribution in [-0.2, 0) is 19.6 Å². The van der Waals surface area contributed by atoms with Gasteiger partial charge in [-0.05, 0) is 38.8 Å². The van der Waals surface area contributed by atoms with Crippen LogP contribution in [0, 0.1) is 0 Å². The maximum Gasteiger partial charge on any atom is 0.257 e. The van der Waals surface area contributed by atoms with Crippen molar-refractivity contribution in [3.05, 3.63) is 30.0 Å². The van der Waals surface area contributed by atoms with Crippen molar-refractivity contribution in [3.63, 3.8) is 0 Å². The smallest absolute Gasteiger partial charge is 0.257 e. The van der Waals surface area contributed by atoms with Crippen LogP contribution >= 0.6 is 0 Å². The van der Waals surface area contributed by atoms with Gasteiger partial charge < -0.3 is 14.0 Å². The molecule has 22 heavy (non-hydrogen) atoms. The van der Waals surface area contributed by atoms with E-state index in [0.717, 1.165) is 24.6 Å². The predicted octanol–water partition coefficient (Wildman–Crippen LogP) is 2.77. The zero-order valence-corrected chi connectivity index (χ0v) is 13.2. The highest BCUT2D eigenvalue weighted by Gasteiger charge is 2.16. The lowest BCUT2D eigenvalue weighted by Gasteiger charge is -2.13. The topological polar surface area (TPSA) is 62.1 Å². The summed E-state index contributed by atoms with van der Waals surface area (Å²) in [6.07, 6.45) is 6.37. The number of hydrogen-bond donors (Lipinski definition) is 0. The van der Waals surface area contributed by atoms with Gasteiger partial charge in [0.25, 0.3) is 5.88 Å². The molecule has 0 aromatic carbocycles. The summed E-state index contributed by atoms with van der Waals surface area (Å²) >= 11 is 0. The summed E-state index contributed by atoms with van der Waals surface area (Å²) in [5.74, 6) is 3.10. The van der Waals surface area contributed by atoms with Gasteiger partial charge in [-0.25, -0.2) is 4.98 Å². The van der Waals surface area contributed by atoms with E-state index >= 15 is 0 Å². The largest absolute Gasteiger partial charge is 0.480 e. The van der Waals surface area contributed by atoms with Crippen molar-refractivity contribution < 1.29 is 9.47 Å². The van der Waals surface area contributed by atoms with Crippen LogP contribution < -0.4 is 9.47 Å². The Bertz CT molecular complexity index is 624. The van der Waals surface area contributed by atoms with E-state index in [1.165, 1.54) is 19.3 Å². The molecule has 2 aromatic heterocycles. The Kier molecular flexibility index (Phi) is 4.56. The van der Waals surface area contributed by atoms with Crippen LogP contribution in [0.2, 0.25) is 0 Å². The van der Waals surface area contributed by atoms with Gasteiger partial charge in [-0.1, -0.05) is 6.42 Å². The predicted molar refractivity (Wildman–Crippen MR) is 81.9 cm³/mol. The van der Waals surface area contributed by atoms with Gasteiger partial charge in [0.05, 0.1) is 6.10 Å². The fourth-order valence-electron chi connectivity index (χ4n) is 2.59. The molecule has 118 valence electrons. The third kappa shape index (κ3) is 3.37. The maximum absolute atomic E-state index is 5.88. The molecule has 3 rings (SSSR count). The summed E-state index contributed by atoms with van der Waals surface area (Å²) < 4.78 is 13.7. The first-order chi connectivity index (χ1) is 10.7. The Morgan fingerprint density at radius 2 is 2.14 bits per heavy atom. The molecule has 1 aliphatic rings. The van der Waals surface area contributed by atoms with Crippen molar-refractivity contribution in [2.75, 3.05) is 0 Å². The first kappa shape index (κ1) is 14.8. The number of pyridine rings is 1. The summed E-state index contributed by atoms with van der Waals surface area (Å²) in [4.78, 5) is 4.23. The lowest BCUT2D eigenvalue weighted by atomic mass is 10.2. The molecule has 0 radical (unpaired) electrons. The number of rotatable bonds is 5. The van der Waals surface area contributed by atoms with Crippen LogP contribution in [-0.4, -0.2) is 25.9 Å². The second kappa shape index (κ2) is 6.77. The van der Waals surface area contributed by atoms with E-state index in [4.69, 9.17) is 9.47 Å². The van der Waals surface area contributed by atoms with Gasteiger partial charge in [-0.3, -0.25) is 0 Å². The third-order valence-electron chi connectivity index (χ3n) is 3.63. The molecule has 0 unspecified atom stereocenters. The molecule has 3 heterocycles. The standard InChI is InChI=1S/C16H22N4O2/c1-12(2)22-16-13(7-6-9-17-16)21-11-15-19-18-14-8-4-3-5-10-20(14)15/h6-7,9,12H,3-5,8,10-11H2,1-2H3. The van der Waals surface area contributed by atoms with Crippen molar-refractivity contribution in [2.24, 2.45) is 0 Å². The van der Waals surface area contributed by atoms with Crippen LogP contribution in [0.25, 0.3) is 0 Å². The van der Waals surface area contributed by atoms with Crippen LogP contribution in [0.15, 0.2) is 18.3 Å². The summed E-state index contributed by atoms with van der Waals surface area (Å²) in [5.41, 5.74) is 0. The molecule has 0 bridgehead atoms. The minimum atomic E-state index is 0.0570. The van der Waals surface area contributed by atoms with E-state index in [9.17, 15) is 0 Å². The minimum Gasteiger partial charge on any atom is -0.480 e. The van der Waals surface area contributed by atoms with E-state index in [-0.39, 0.29) is 6.10 Å². The van der Waals surface area contributed by atoms with E-state index in [2.05, 4.69) is 19.7 Å². The fourth-order valence-corrected chi connectivity index (χ4v) is 2.59. The highest BCUT2D eigenvalue weighted by molar-refractivity contribution is 5.32. The normalized spacial score (nSPS) is 14.5. The summed E-state index contributed by atoms with van der Waals surface area (Å²) in [6.45, 7) is 5.30. The van der Waals surface area contributed by atoms with Crippen molar-refractivity contribution in [1.29, 1.82) is 0 Å². The molecule has 0 fully saturated rings. The van der Waals surface area contributed by atoms with E-state index < -0.39 is 0 Å². The molecule has 0 atom stereocenters. The molecule has 0 N–H and O–H groups in total. The minimum absolute atomic E-state index is 0.0570. The zero-order chi connectivity index (χ0) is 15.4. The summed E-state index contributed by atoms with van der Waals surface area (Å²) in [5, 5.41) is 8.56. The van der Waals surface area contributed by atoms with Gasteiger partial charge in [-0.15, -0.1) is 10.2 Å². The Hall–Kier alpha value is -2.11. The second-order valence-electron chi connectivity index (χ2n) is 5.76. The van der Waals surface area contributed by atoms with Gasteiger partial charge in [0.15, 0.2) is 11.6 Å². The van der Waals surface area contributed by atoms with Crippen molar-refractivity contribution in [1.82, 2.24) is 19.7 Å². The highest BCUT2D eigenvalue weighted by Crippen LogP contribution is 2.25. The number of aryl methyl sites for hydroxylation is 1. The molecule has 0 saturated heterocycles. The van der Waals surface area contributed by atoms with Crippen molar-refractivity contribution in [3.8, 4) is 11.6 Å². The van der Waals surface area contributed by atoms with E-state index in [1.807, 2.05) is 26.0 Å². The molecule has 0 aliphatic carbocycles. The Morgan fingerprint density at radius 1 is 1.23 bits per heavy atom. The highest BCUT2D eigenvalue weighted by atomic mass is 16.5. The first-order valence-corrected chi connectivity index (χ1v) is 7.89. The second-order valence-corrected chi connectivity index (χ2v) is 5.76. The number of nitrogens with zero attached hydrogens (tertiary/aromatic N) is 4. The van der Waals surface area contributed by atoms with Crippen LogP contribution in [0.4, 0.5) is 0 Å². The van der Waals surface area contributed by atoms with Gasteiger partial charge >= 0.3 is 0 Å². The monoisotopic (exact) mass is 302 g/mol. The van der Waals surface area contributed by atoms with E-state index in [0.29, 0.717) is 18.2 Å². The van der Waals surface area contributed by atoms with Crippen LogP contribution in [0.5, 0.6) is 11.6 Å². The lowest BCUT2D eigenvalue weighted by Crippen LogP contribution is -2.11. The molecular weight excluding hydrogens is 280 g/mol. The Balaban J connectivity index is 1.72. The average molecular weight is 302 g/mol. The maximum atomic E-state index is 5.88. The van der Waals surface area contributed by atoms with Crippen LogP contribution in [0.1, 0.15) is 44.8 Å². The zero-order valence-electron chi connectivity index (χ0n) is 13.2. The summed E-state index contributed by atoms with van der Waals surface area (Å²) in [7, 11) is 0. The summed E-state index contributed by atoms with van der Waals surface area (Å²) in [6, 6.07) is 3.71. The Labute approximate surface area is 130 Å². The van der Waals surface area contributed by atoms with Gasteiger partial charge in [-0.2, -0.15) is 0 Å². The number of aromatic nitrogens is 4. The SMILES string of the molecule is CC(C)Oc1ncccc1OCc1nnc2n1CCCCC2.